The number of hydrogen-bond acceptors (Lipinski definition) is 4. The predicted molar refractivity (Wildman–Crippen MR) is 59.3 cm³/mol. The fourth-order valence-corrected chi connectivity index (χ4v) is 1.42. The number of nitrogens with one attached hydrogen (secondary N) is 1. The van der Waals surface area contributed by atoms with Crippen LogP contribution < -0.4 is 5.32 Å². The molecule has 0 fully saturated rings. The normalized spacial score (nSPS) is 14.2. The molecular weight excluding hydrogens is 222 g/mol. The summed E-state index contributed by atoms with van der Waals surface area (Å²) in [4.78, 5) is 11.6. The summed E-state index contributed by atoms with van der Waals surface area (Å²) >= 11 is 0. The summed E-state index contributed by atoms with van der Waals surface area (Å²) in [6.07, 6.45) is 2.89. The van der Waals surface area contributed by atoms with Crippen LogP contribution in [-0.2, 0) is 5.60 Å². The molecule has 1 atom stereocenters. The Hall–Kier alpha value is -2.01. The molecule has 2 aromatic rings. The first-order valence-corrected chi connectivity index (χ1v) is 5.18. The van der Waals surface area contributed by atoms with E-state index in [-0.39, 0.29) is 18.2 Å². The Balaban J connectivity index is 1.96. The molecule has 0 aliphatic heterocycles. The highest BCUT2D eigenvalue weighted by atomic mass is 16.4. The molecule has 0 spiro atoms. The van der Waals surface area contributed by atoms with E-state index in [0.717, 1.165) is 0 Å². The van der Waals surface area contributed by atoms with Crippen LogP contribution in [0.3, 0.4) is 0 Å². The van der Waals surface area contributed by atoms with Crippen molar-refractivity contribution in [1.82, 2.24) is 5.32 Å². The highest BCUT2D eigenvalue weighted by molar-refractivity contribution is 5.91. The van der Waals surface area contributed by atoms with Gasteiger partial charge in [0.2, 0.25) is 0 Å². The quantitative estimate of drug-likeness (QED) is 0.842. The Labute approximate surface area is 98.0 Å². The lowest BCUT2D eigenvalue weighted by molar-refractivity contribution is 0.0326. The van der Waals surface area contributed by atoms with Crippen LogP contribution in [0.5, 0.6) is 0 Å². The van der Waals surface area contributed by atoms with Crippen LogP contribution in [0.15, 0.2) is 45.6 Å². The number of amides is 1. The van der Waals surface area contributed by atoms with Gasteiger partial charge in [-0.1, -0.05) is 0 Å². The fraction of sp³-hybridized carbons (Fsp3) is 0.250. The monoisotopic (exact) mass is 235 g/mol. The van der Waals surface area contributed by atoms with Crippen molar-refractivity contribution in [2.24, 2.45) is 0 Å². The van der Waals surface area contributed by atoms with E-state index in [1.165, 1.54) is 12.5 Å². The van der Waals surface area contributed by atoms with E-state index in [1.807, 2.05) is 0 Å². The van der Waals surface area contributed by atoms with Gasteiger partial charge in [0.15, 0.2) is 5.76 Å². The molecule has 5 nitrogen and oxygen atoms in total. The van der Waals surface area contributed by atoms with Crippen molar-refractivity contribution >= 4 is 5.91 Å². The molecule has 5 heteroatoms. The first kappa shape index (κ1) is 11.5. The predicted octanol–water partition coefficient (Wildman–Crippen LogP) is 1.51. The maximum absolute atomic E-state index is 11.6. The minimum absolute atomic E-state index is 0.0417. The average Bonchev–Trinajstić information content (AvgIpc) is 2.97. The molecule has 2 aromatic heterocycles. The van der Waals surface area contributed by atoms with E-state index in [0.29, 0.717) is 5.76 Å². The molecule has 0 aliphatic rings. The second kappa shape index (κ2) is 4.47. The van der Waals surface area contributed by atoms with Gasteiger partial charge in [0.25, 0.3) is 5.91 Å². The van der Waals surface area contributed by atoms with E-state index in [4.69, 9.17) is 8.83 Å². The Bertz CT molecular complexity index is 471. The first-order chi connectivity index (χ1) is 8.09. The van der Waals surface area contributed by atoms with E-state index in [2.05, 4.69) is 5.32 Å². The zero-order valence-electron chi connectivity index (χ0n) is 9.34. The van der Waals surface area contributed by atoms with Crippen LogP contribution in [0.2, 0.25) is 0 Å². The Morgan fingerprint density at radius 3 is 2.65 bits per heavy atom. The Kier molecular flexibility index (Phi) is 3.01. The van der Waals surface area contributed by atoms with Gasteiger partial charge in [-0.25, -0.2) is 0 Å². The van der Waals surface area contributed by atoms with Gasteiger partial charge in [-0.15, -0.1) is 0 Å². The highest BCUT2D eigenvalue weighted by Gasteiger charge is 2.27. The van der Waals surface area contributed by atoms with Gasteiger partial charge in [0.1, 0.15) is 11.4 Å². The van der Waals surface area contributed by atoms with Crippen molar-refractivity contribution in [3.63, 3.8) is 0 Å². The van der Waals surface area contributed by atoms with Crippen LogP contribution >= 0.6 is 0 Å². The third-order valence-electron chi connectivity index (χ3n) is 2.39. The molecule has 0 radical (unpaired) electrons. The van der Waals surface area contributed by atoms with Gasteiger partial charge in [-0.2, -0.15) is 0 Å². The second-order valence-corrected chi connectivity index (χ2v) is 3.91. The molecule has 0 saturated heterocycles. The molecule has 17 heavy (non-hydrogen) atoms. The lowest BCUT2D eigenvalue weighted by Gasteiger charge is -2.20. The van der Waals surface area contributed by atoms with E-state index in [9.17, 15) is 9.90 Å². The zero-order valence-corrected chi connectivity index (χ0v) is 9.34. The molecule has 2 N–H and O–H groups in total. The van der Waals surface area contributed by atoms with Crippen LogP contribution in [-0.4, -0.2) is 17.6 Å². The Morgan fingerprint density at radius 1 is 1.35 bits per heavy atom. The van der Waals surface area contributed by atoms with Crippen molar-refractivity contribution in [1.29, 1.82) is 0 Å². The molecule has 90 valence electrons. The van der Waals surface area contributed by atoms with Gasteiger partial charge in [0.05, 0.1) is 19.1 Å². The molecule has 2 heterocycles. The van der Waals surface area contributed by atoms with Gasteiger partial charge in [-0.3, -0.25) is 4.79 Å². The summed E-state index contributed by atoms with van der Waals surface area (Å²) in [5.74, 6) is 0.235. The van der Waals surface area contributed by atoms with Crippen molar-refractivity contribution in [2.45, 2.75) is 12.5 Å². The molecule has 0 saturated carbocycles. The van der Waals surface area contributed by atoms with Gasteiger partial charge in [0, 0.05) is 0 Å². The van der Waals surface area contributed by atoms with E-state index >= 15 is 0 Å². The van der Waals surface area contributed by atoms with Crippen LogP contribution in [0.25, 0.3) is 0 Å². The average molecular weight is 235 g/mol. The smallest absolute Gasteiger partial charge is 0.287 e. The van der Waals surface area contributed by atoms with Crippen molar-refractivity contribution in [3.8, 4) is 0 Å². The SMILES string of the molecule is CC(O)(CNC(=O)c1ccco1)c1ccco1. The first-order valence-electron chi connectivity index (χ1n) is 5.18. The lowest BCUT2D eigenvalue weighted by atomic mass is 10.0. The summed E-state index contributed by atoms with van der Waals surface area (Å²) in [5, 5.41) is 12.7. The summed E-state index contributed by atoms with van der Waals surface area (Å²) in [7, 11) is 0. The maximum Gasteiger partial charge on any atom is 0.287 e. The van der Waals surface area contributed by atoms with Gasteiger partial charge in [-0.05, 0) is 31.2 Å². The number of aliphatic hydroxyl groups is 1. The summed E-state index contributed by atoms with van der Waals surface area (Å²) in [5.41, 5.74) is -1.24. The molecule has 1 amide bonds. The second-order valence-electron chi connectivity index (χ2n) is 3.91. The number of carbonyl (C=O) groups is 1. The maximum atomic E-state index is 11.6. The summed E-state index contributed by atoms with van der Waals surface area (Å²) in [6.45, 7) is 1.61. The topological polar surface area (TPSA) is 75.6 Å². The van der Waals surface area contributed by atoms with Crippen LogP contribution in [0.1, 0.15) is 23.2 Å². The standard InChI is InChI=1S/C12H13NO4/c1-12(15,10-5-3-7-17-10)8-13-11(14)9-4-2-6-16-9/h2-7,15H,8H2,1H3,(H,13,14). The number of rotatable bonds is 4. The minimum Gasteiger partial charge on any atom is -0.466 e. The molecule has 0 bridgehead atoms. The molecule has 2 rings (SSSR count). The van der Waals surface area contributed by atoms with Crippen molar-refractivity contribution in [3.05, 3.63) is 48.3 Å². The molecular formula is C12H13NO4. The van der Waals surface area contributed by atoms with Crippen LogP contribution in [0.4, 0.5) is 0 Å². The summed E-state index contributed by atoms with van der Waals surface area (Å²) in [6, 6.07) is 6.51. The van der Waals surface area contributed by atoms with Gasteiger partial charge >= 0.3 is 0 Å². The molecule has 0 aliphatic carbocycles. The zero-order chi connectivity index (χ0) is 12.3. The van der Waals surface area contributed by atoms with E-state index in [1.54, 1.807) is 31.2 Å². The third kappa shape index (κ3) is 2.57. The molecule has 0 aromatic carbocycles. The third-order valence-corrected chi connectivity index (χ3v) is 2.39. The minimum atomic E-state index is -1.24. The Morgan fingerprint density at radius 2 is 2.06 bits per heavy atom. The molecule has 1 unspecified atom stereocenters. The number of furan rings is 2. The number of carbonyl (C=O) groups excluding carboxylic acids is 1. The van der Waals surface area contributed by atoms with Crippen molar-refractivity contribution < 1.29 is 18.7 Å². The lowest BCUT2D eigenvalue weighted by Crippen LogP contribution is -2.38. The fourth-order valence-electron chi connectivity index (χ4n) is 1.42. The largest absolute Gasteiger partial charge is 0.466 e. The summed E-state index contributed by atoms with van der Waals surface area (Å²) < 4.78 is 10.0. The van der Waals surface area contributed by atoms with Gasteiger partial charge < -0.3 is 19.3 Å². The number of hydrogen-bond donors (Lipinski definition) is 2. The van der Waals surface area contributed by atoms with Crippen LogP contribution in [0, 0.1) is 0 Å². The van der Waals surface area contributed by atoms with E-state index < -0.39 is 5.60 Å². The highest BCUT2D eigenvalue weighted by Crippen LogP contribution is 2.19. The van der Waals surface area contributed by atoms with Crippen molar-refractivity contribution in [2.75, 3.05) is 6.54 Å².